The van der Waals surface area contributed by atoms with Gasteiger partial charge >= 0.3 is 0 Å². The zero-order valence-corrected chi connectivity index (χ0v) is 20.4. The number of anilines is 2. The van der Waals surface area contributed by atoms with Crippen LogP contribution in [0.5, 0.6) is 0 Å². The van der Waals surface area contributed by atoms with Crippen molar-refractivity contribution >= 4 is 43.9 Å². The number of benzene rings is 1. The highest BCUT2D eigenvalue weighted by Crippen LogP contribution is 2.35. The molecule has 3 aliphatic heterocycles. The molecule has 2 saturated heterocycles. The molecule has 1 atom stereocenters. The Kier molecular flexibility index (Phi) is 6.24. The first kappa shape index (κ1) is 22.5. The summed E-state index contributed by atoms with van der Waals surface area (Å²) in [6.45, 7) is 5.95. The van der Waals surface area contributed by atoms with Crippen molar-refractivity contribution in [3.63, 3.8) is 0 Å². The predicted molar refractivity (Wildman–Crippen MR) is 131 cm³/mol. The average Bonchev–Trinajstić information content (AvgIpc) is 3.07. The molecule has 0 spiro atoms. The Bertz CT molecular complexity index is 1190. The molecule has 0 bridgehead atoms. The van der Waals surface area contributed by atoms with E-state index in [1.807, 2.05) is 10.3 Å². The number of thiazole rings is 1. The number of nitrogens with zero attached hydrogens (tertiary/aromatic N) is 4. The van der Waals surface area contributed by atoms with Crippen molar-refractivity contribution in [2.24, 2.45) is 10.3 Å². The first-order valence-corrected chi connectivity index (χ1v) is 13.9. The number of sulfonamides is 1. The second-order valence-corrected chi connectivity index (χ2v) is 11.6. The highest BCUT2D eigenvalue weighted by Gasteiger charge is 2.32. The Morgan fingerprint density at radius 1 is 1.21 bits per heavy atom. The third-order valence-corrected chi connectivity index (χ3v) is 8.65. The summed E-state index contributed by atoms with van der Waals surface area (Å²) in [5, 5.41) is 5.33. The SMILES string of the molecule is CC1CCCN(Cc2csc(NC(=O)c3ccc4c(c3)S(=O)(=O)N=C3CCCCCN34)n2)C1. The molecule has 1 aromatic heterocycles. The maximum atomic E-state index is 12.9. The van der Waals surface area contributed by atoms with Gasteiger partial charge < -0.3 is 4.90 Å². The summed E-state index contributed by atoms with van der Waals surface area (Å²) in [4.78, 5) is 22.0. The molecular weight excluding hydrogens is 458 g/mol. The average molecular weight is 488 g/mol. The number of piperidine rings is 1. The predicted octanol–water partition coefficient (Wildman–Crippen LogP) is 4.11. The van der Waals surface area contributed by atoms with Crippen LogP contribution in [0.4, 0.5) is 10.8 Å². The Morgan fingerprint density at radius 3 is 2.94 bits per heavy atom. The number of fused-ring (bicyclic) bond motifs is 3. The molecule has 8 nitrogen and oxygen atoms in total. The molecule has 1 N–H and O–H groups in total. The van der Waals surface area contributed by atoms with E-state index in [9.17, 15) is 13.2 Å². The van der Waals surface area contributed by atoms with E-state index in [4.69, 9.17) is 0 Å². The first-order chi connectivity index (χ1) is 15.9. The molecule has 0 saturated carbocycles. The number of carbonyl (C=O) groups excluding carboxylic acids is 1. The van der Waals surface area contributed by atoms with Gasteiger partial charge in [0, 0.05) is 37.0 Å². The van der Waals surface area contributed by atoms with Gasteiger partial charge in [-0.25, -0.2) is 4.98 Å². The summed E-state index contributed by atoms with van der Waals surface area (Å²) in [7, 11) is -3.83. The van der Waals surface area contributed by atoms with Crippen molar-refractivity contribution < 1.29 is 13.2 Å². The molecule has 10 heteroatoms. The summed E-state index contributed by atoms with van der Waals surface area (Å²) in [6, 6.07) is 4.85. The highest BCUT2D eigenvalue weighted by molar-refractivity contribution is 7.90. The fourth-order valence-corrected chi connectivity index (χ4v) is 6.87. The van der Waals surface area contributed by atoms with Crippen LogP contribution in [0.2, 0.25) is 0 Å². The van der Waals surface area contributed by atoms with E-state index in [0.717, 1.165) is 51.1 Å². The van der Waals surface area contributed by atoms with E-state index < -0.39 is 10.0 Å². The van der Waals surface area contributed by atoms with E-state index in [0.29, 0.717) is 29.0 Å². The monoisotopic (exact) mass is 487 g/mol. The van der Waals surface area contributed by atoms with Crippen LogP contribution in [0.3, 0.4) is 0 Å². The van der Waals surface area contributed by atoms with Crippen molar-refractivity contribution in [1.82, 2.24) is 9.88 Å². The van der Waals surface area contributed by atoms with Crippen LogP contribution in [-0.4, -0.2) is 49.7 Å². The van der Waals surface area contributed by atoms with Crippen molar-refractivity contribution in [2.75, 3.05) is 29.9 Å². The molecule has 1 aromatic carbocycles. The number of rotatable bonds is 4. The Hall–Kier alpha value is -2.30. The number of likely N-dealkylation sites (tertiary alicyclic amines) is 1. The summed E-state index contributed by atoms with van der Waals surface area (Å²) in [5.74, 6) is 0.938. The van der Waals surface area contributed by atoms with E-state index >= 15 is 0 Å². The maximum absolute atomic E-state index is 12.9. The number of hydrogen-bond donors (Lipinski definition) is 1. The number of nitrogens with one attached hydrogen (secondary N) is 1. The largest absolute Gasteiger partial charge is 0.328 e. The Morgan fingerprint density at radius 2 is 2.09 bits per heavy atom. The molecule has 2 fully saturated rings. The molecule has 33 heavy (non-hydrogen) atoms. The van der Waals surface area contributed by atoms with Gasteiger partial charge in [-0.3, -0.25) is 15.0 Å². The van der Waals surface area contributed by atoms with Gasteiger partial charge in [0.25, 0.3) is 15.9 Å². The number of aromatic nitrogens is 1. The molecular formula is C23H29N5O3S2. The van der Waals surface area contributed by atoms with E-state index in [1.54, 1.807) is 12.1 Å². The van der Waals surface area contributed by atoms with E-state index in [-0.39, 0.29) is 16.4 Å². The fourth-order valence-electron chi connectivity index (χ4n) is 4.89. The lowest BCUT2D eigenvalue weighted by Gasteiger charge is -2.30. The summed E-state index contributed by atoms with van der Waals surface area (Å²) >= 11 is 1.39. The minimum atomic E-state index is -3.83. The number of amidine groups is 1. The summed E-state index contributed by atoms with van der Waals surface area (Å²) < 4.78 is 29.7. The molecule has 5 rings (SSSR count). The third-order valence-electron chi connectivity index (χ3n) is 6.51. The van der Waals surface area contributed by atoms with Gasteiger partial charge in [-0.1, -0.05) is 13.3 Å². The minimum Gasteiger partial charge on any atom is -0.328 e. The van der Waals surface area contributed by atoms with Crippen LogP contribution < -0.4 is 10.2 Å². The van der Waals surface area contributed by atoms with Crippen LogP contribution >= 0.6 is 11.3 Å². The van der Waals surface area contributed by atoms with E-state index in [1.165, 1.54) is 30.2 Å². The molecule has 2 aromatic rings. The molecule has 3 aliphatic rings. The van der Waals surface area contributed by atoms with Gasteiger partial charge in [0.05, 0.1) is 11.4 Å². The van der Waals surface area contributed by atoms with Crippen molar-refractivity contribution in [3.8, 4) is 0 Å². The van der Waals surface area contributed by atoms with Gasteiger partial charge in [0.1, 0.15) is 10.7 Å². The normalized spacial score (nSPS) is 22.6. The maximum Gasteiger partial charge on any atom is 0.286 e. The summed E-state index contributed by atoms with van der Waals surface area (Å²) in [5.41, 5.74) is 1.85. The molecule has 0 radical (unpaired) electrons. The highest BCUT2D eigenvalue weighted by atomic mass is 32.2. The van der Waals surface area contributed by atoms with Gasteiger partial charge in [-0.05, 0) is 56.3 Å². The van der Waals surface area contributed by atoms with Gasteiger partial charge in [-0.15, -0.1) is 15.7 Å². The second kappa shape index (κ2) is 9.15. The topological polar surface area (TPSA) is 95.0 Å². The number of carbonyl (C=O) groups is 1. The van der Waals surface area contributed by atoms with Crippen LogP contribution in [0.15, 0.2) is 32.9 Å². The number of hydrogen-bond acceptors (Lipinski definition) is 7. The molecule has 1 unspecified atom stereocenters. The molecule has 176 valence electrons. The van der Waals surface area contributed by atoms with Gasteiger partial charge in [-0.2, -0.15) is 8.42 Å². The number of amides is 1. The Labute approximate surface area is 198 Å². The lowest BCUT2D eigenvalue weighted by atomic mass is 10.0. The van der Waals surface area contributed by atoms with Crippen LogP contribution in [0.1, 0.15) is 61.5 Å². The van der Waals surface area contributed by atoms with Crippen LogP contribution in [0.25, 0.3) is 0 Å². The molecule has 4 heterocycles. The molecule has 0 aliphatic carbocycles. The zero-order valence-electron chi connectivity index (χ0n) is 18.8. The second-order valence-electron chi connectivity index (χ2n) is 9.21. The fraction of sp³-hybridized carbons (Fsp3) is 0.522. The lowest BCUT2D eigenvalue weighted by Crippen LogP contribution is -2.35. The minimum absolute atomic E-state index is 0.0971. The van der Waals surface area contributed by atoms with Crippen molar-refractivity contribution in [2.45, 2.75) is 56.9 Å². The van der Waals surface area contributed by atoms with E-state index in [2.05, 4.69) is 26.5 Å². The van der Waals surface area contributed by atoms with Crippen molar-refractivity contribution in [1.29, 1.82) is 0 Å². The summed E-state index contributed by atoms with van der Waals surface area (Å²) in [6.07, 6.45) is 6.12. The van der Waals surface area contributed by atoms with Gasteiger partial charge in [0.2, 0.25) is 0 Å². The van der Waals surface area contributed by atoms with Crippen LogP contribution in [0, 0.1) is 5.92 Å². The van der Waals surface area contributed by atoms with Crippen LogP contribution in [-0.2, 0) is 16.6 Å². The van der Waals surface area contributed by atoms with Gasteiger partial charge in [0.15, 0.2) is 5.13 Å². The quantitative estimate of drug-likeness (QED) is 0.697. The molecule has 1 amide bonds. The smallest absolute Gasteiger partial charge is 0.286 e. The third kappa shape index (κ3) is 4.83. The Balaban J connectivity index is 1.31. The lowest BCUT2D eigenvalue weighted by molar-refractivity contribution is 0.102. The van der Waals surface area contributed by atoms with Crippen molar-refractivity contribution in [3.05, 3.63) is 34.8 Å². The first-order valence-electron chi connectivity index (χ1n) is 11.6. The zero-order chi connectivity index (χ0) is 23.0. The standard InChI is InChI=1S/C23H29N5O3S2/c1-16-6-5-10-27(13-16)14-18-15-32-23(24-18)25-22(29)17-8-9-19-20(12-17)33(30,31)26-21-7-3-2-4-11-28(19)21/h8-9,12,15-16H,2-7,10-11,13-14H2,1H3,(H,24,25,29).